The first-order chi connectivity index (χ1) is 12.8. The third-order valence-corrected chi connectivity index (χ3v) is 5.45. The summed E-state index contributed by atoms with van der Waals surface area (Å²) in [6.45, 7) is 5.68. The zero-order chi connectivity index (χ0) is 19.8. The molecule has 27 heavy (non-hydrogen) atoms. The molecule has 1 heterocycles. The number of halogens is 2. The lowest BCUT2D eigenvalue weighted by Gasteiger charge is -2.24. The smallest absolute Gasteiger partial charge is 0.337 e. The Morgan fingerprint density at radius 1 is 1.26 bits per heavy atom. The molecule has 1 atom stereocenters. The van der Waals surface area contributed by atoms with Gasteiger partial charge in [-0.25, -0.2) is 4.79 Å². The van der Waals surface area contributed by atoms with Crippen molar-refractivity contribution in [1.29, 1.82) is 0 Å². The number of carbonyl (C=O) groups excluding carboxylic acids is 2. The lowest BCUT2D eigenvalue weighted by molar-refractivity contribution is -0.145. The van der Waals surface area contributed by atoms with E-state index in [-0.39, 0.29) is 24.3 Å². The summed E-state index contributed by atoms with van der Waals surface area (Å²) in [7, 11) is 0. The minimum atomic E-state index is -2.19. The summed E-state index contributed by atoms with van der Waals surface area (Å²) in [5.41, 5.74) is -0.834. The van der Waals surface area contributed by atoms with Gasteiger partial charge in [0, 0.05) is 14.5 Å². The Balaban J connectivity index is 2.14. The molecule has 2 aromatic rings. The number of hydrogen-bond acceptors (Lipinski definition) is 4. The summed E-state index contributed by atoms with van der Waals surface area (Å²) in [6.07, 6.45) is 0. The number of esters is 1. The molecule has 0 aliphatic carbocycles. The highest BCUT2D eigenvalue weighted by Crippen LogP contribution is 2.49. The summed E-state index contributed by atoms with van der Waals surface area (Å²) < 4.78 is 6.23. The highest BCUT2D eigenvalue weighted by molar-refractivity contribution is 9.11. The van der Waals surface area contributed by atoms with E-state index in [9.17, 15) is 14.7 Å². The average molecular weight is 495 g/mol. The second kappa shape index (κ2) is 7.58. The number of nitrogens with zero attached hydrogens (tertiary/aromatic N) is 1. The normalized spacial score (nSPS) is 18.4. The second-order valence-electron chi connectivity index (χ2n) is 6.07. The number of carbonyl (C=O) groups is 2. The molecule has 1 unspecified atom stereocenters. The first-order valence-electron chi connectivity index (χ1n) is 8.25. The van der Waals surface area contributed by atoms with Crippen LogP contribution >= 0.6 is 31.9 Å². The van der Waals surface area contributed by atoms with Crippen LogP contribution < -0.4 is 4.90 Å². The summed E-state index contributed by atoms with van der Waals surface area (Å²) in [5, 5.41) is 11.3. The van der Waals surface area contributed by atoms with Crippen LogP contribution in [0.2, 0.25) is 0 Å². The van der Waals surface area contributed by atoms with Crippen molar-refractivity contribution >= 4 is 49.4 Å². The lowest BCUT2D eigenvalue weighted by Crippen LogP contribution is -2.43. The predicted octanol–water partition coefficient (Wildman–Crippen LogP) is 4.07. The van der Waals surface area contributed by atoms with Gasteiger partial charge in [0.25, 0.3) is 5.91 Å². The molecule has 1 aliphatic rings. The predicted molar refractivity (Wildman–Crippen MR) is 109 cm³/mol. The molecule has 7 heteroatoms. The van der Waals surface area contributed by atoms with E-state index in [1.165, 1.54) is 4.90 Å². The van der Waals surface area contributed by atoms with E-state index in [1.807, 2.05) is 30.3 Å². The average Bonchev–Trinajstić information content (AvgIpc) is 2.85. The van der Waals surface area contributed by atoms with Crippen molar-refractivity contribution in [2.75, 3.05) is 11.5 Å². The van der Waals surface area contributed by atoms with Gasteiger partial charge in [0.05, 0.1) is 24.4 Å². The Hall–Kier alpha value is -1.96. The zero-order valence-electron chi connectivity index (χ0n) is 14.5. The van der Waals surface area contributed by atoms with Gasteiger partial charge in [-0.3, -0.25) is 4.79 Å². The molecule has 0 fully saturated rings. The third kappa shape index (κ3) is 3.35. The van der Waals surface area contributed by atoms with Gasteiger partial charge in [-0.1, -0.05) is 52.8 Å². The van der Waals surface area contributed by atoms with Gasteiger partial charge >= 0.3 is 5.97 Å². The van der Waals surface area contributed by atoms with Gasteiger partial charge in [-0.2, -0.15) is 0 Å². The maximum atomic E-state index is 13.3. The minimum absolute atomic E-state index is 0.116. The fourth-order valence-electron chi connectivity index (χ4n) is 3.10. The molecule has 0 radical (unpaired) electrons. The summed E-state index contributed by atoms with van der Waals surface area (Å²) >= 11 is 6.84. The van der Waals surface area contributed by atoms with Crippen molar-refractivity contribution in [3.63, 3.8) is 0 Å². The topological polar surface area (TPSA) is 66.8 Å². The van der Waals surface area contributed by atoms with Gasteiger partial charge < -0.3 is 14.7 Å². The Bertz CT molecular complexity index is 929. The van der Waals surface area contributed by atoms with Crippen LogP contribution in [0.1, 0.15) is 18.1 Å². The molecule has 0 saturated carbocycles. The maximum absolute atomic E-state index is 13.3. The quantitative estimate of drug-likeness (QED) is 0.502. The Morgan fingerprint density at radius 3 is 2.56 bits per heavy atom. The largest absolute Gasteiger partial charge is 0.463 e. The molecule has 0 bridgehead atoms. The fraction of sp³-hybridized carbons (Fsp3) is 0.200. The van der Waals surface area contributed by atoms with Gasteiger partial charge in [-0.05, 0) is 40.5 Å². The molecule has 3 rings (SSSR count). The van der Waals surface area contributed by atoms with E-state index in [0.29, 0.717) is 14.6 Å². The van der Waals surface area contributed by atoms with Crippen LogP contribution in [0.5, 0.6) is 0 Å². The second-order valence-corrected chi connectivity index (χ2v) is 7.84. The number of aliphatic hydroxyl groups is 1. The molecule has 140 valence electrons. The molecule has 0 aromatic heterocycles. The number of amides is 1. The van der Waals surface area contributed by atoms with Crippen molar-refractivity contribution in [2.45, 2.75) is 19.1 Å². The number of hydrogen-bond donors (Lipinski definition) is 1. The summed E-state index contributed by atoms with van der Waals surface area (Å²) in [6, 6.07) is 12.8. The van der Waals surface area contributed by atoms with E-state index < -0.39 is 17.5 Å². The third-order valence-electron chi connectivity index (χ3n) is 4.38. The van der Waals surface area contributed by atoms with Crippen LogP contribution in [0.25, 0.3) is 0 Å². The summed E-state index contributed by atoms with van der Waals surface area (Å²) in [4.78, 5) is 27.0. The minimum Gasteiger partial charge on any atom is -0.463 e. The van der Waals surface area contributed by atoms with Gasteiger partial charge in [0.2, 0.25) is 5.60 Å². The van der Waals surface area contributed by atoms with E-state index in [1.54, 1.807) is 19.1 Å². The van der Waals surface area contributed by atoms with Crippen LogP contribution in [-0.2, 0) is 26.5 Å². The zero-order valence-corrected chi connectivity index (χ0v) is 17.7. The van der Waals surface area contributed by atoms with Gasteiger partial charge in [0.15, 0.2) is 0 Å². The summed E-state index contributed by atoms with van der Waals surface area (Å²) in [5.74, 6) is -1.45. The molecule has 0 saturated heterocycles. The molecule has 1 aliphatic heterocycles. The molecular weight excluding hydrogens is 478 g/mol. The highest BCUT2D eigenvalue weighted by Gasteiger charge is 2.54. The van der Waals surface area contributed by atoms with Crippen LogP contribution in [-0.4, -0.2) is 23.6 Å². The van der Waals surface area contributed by atoms with Crippen molar-refractivity contribution in [1.82, 2.24) is 0 Å². The SMILES string of the molecule is C=C(C(=O)OCC)C1(O)C(=O)N(Cc2ccccc2)c2c(Br)cc(Br)cc21. The Kier molecular flexibility index (Phi) is 5.55. The molecule has 1 amide bonds. The van der Waals surface area contributed by atoms with Crippen LogP contribution in [0, 0.1) is 0 Å². The first-order valence-corrected chi connectivity index (χ1v) is 9.83. The number of benzene rings is 2. The lowest BCUT2D eigenvalue weighted by atomic mass is 9.88. The number of anilines is 1. The van der Waals surface area contributed by atoms with Crippen LogP contribution in [0.3, 0.4) is 0 Å². The standard InChI is InChI=1S/C20H17Br2NO4/c1-3-27-18(24)12(2)20(26)15-9-14(21)10-16(22)17(15)23(19(20)25)11-13-7-5-4-6-8-13/h4-10,26H,2-3,11H2,1H3. The maximum Gasteiger partial charge on any atom is 0.337 e. The van der Waals surface area contributed by atoms with E-state index in [4.69, 9.17) is 4.74 Å². The van der Waals surface area contributed by atoms with Crippen molar-refractivity contribution in [3.05, 3.63) is 74.7 Å². The molecule has 2 aromatic carbocycles. The molecule has 0 spiro atoms. The van der Waals surface area contributed by atoms with Gasteiger partial charge in [-0.15, -0.1) is 0 Å². The van der Waals surface area contributed by atoms with Crippen molar-refractivity contribution < 1.29 is 19.4 Å². The van der Waals surface area contributed by atoms with Gasteiger partial charge in [0.1, 0.15) is 0 Å². The highest BCUT2D eigenvalue weighted by atomic mass is 79.9. The van der Waals surface area contributed by atoms with Crippen LogP contribution in [0.4, 0.5) is 5.69 Å². The van der Waals surface area contributed by atoms with E-state index in [0.717, 1.165) is 5.56 Å². The molecule has 5 nitrogen and oxygen atoms in total. The number of fused-ring (bicyclic) bond motifs is 1. The van der Waals surface area contributed by atoms with Crippen molar-refractivity contribution in [2.24, 2.45) is 0 Å². The van der Waals surface area contributed by atoms with Crippen molar-refractivity contribution in [3.8, 4) is 0 Å². The molecule has 1 N–H and O–H groups in total. The number of rotatable bonds is 5. The monoisotopic (exact) mass is 493 g/mol. The van der Waals surface area contributed by atoms with E-state index >= 15 is 0 Å². The Morgan fingerprint density at radius 2 is 1.93 bits per heavy atom. The molecular formula is C20H17Br2NO4. The fourth-order valence-corrected chi connectivity index (χ4v) is 4.54. The first kappa shape index (κ1) is 19.8. The number of ether oxygens (including phenoxy) is 1. The van der Waals surface area contributed by atoms with E-state index in [2.05, 4.69) is 38.4 Å². The Labute approximate surface area is 173 Å². The van der Waals surface area contributed by atoms with Crippen LogP contribution in [0.15, 0.2) is 63.6 Å².